The number of nitrogens with zero attached hydrogens (tertiary/aromatic N) is 5. The van der Waals surface area contributed by atoms with Gasteiger partial charge in [0.05, 0.1) is 11.4 Å². The maximum Gasteiger partial charge on any atom is 0.238 e. The normalized spacial score (nSPS) is 12.3. The molecule has 3 aromatic rings. The average molecular weight is 370 g/mol. The summed E-state index contributed by atoms with van der Waals surface area (Å²) in [4.78, 5) is 12.5. The molecule has 26 heavy (non-hydrogen) atoms. The molecule has 0 aliphatic heterocycles. The van der Waals surface area contributed by atoms with E-state index >= 15 is 0 Å². The van der Waals surface area contributed by atoms with E-state index in [9.17, 15) is 4.79 Å². The molecular weight excluding hydrogens is 348 g/mol. The van der Waals surface area contributed by atoms with Gasteiger partial charge in [-0.05, 0) is 20.8 Å². The molecule has 0 bridgehead atoms. The number of thioether (sulfide) groups is 1. The zero-order valence-electron chi connectivity index (χ0n) is 15.2. The van der Waals surface area contributed by atoms with Crippen LogP contribution in [0.1, 0.15) is 26.8 Å². The molecular formula is C18H22N6OS. The summed E-state index contributed by atoms with van der Waals surface area (Å²) >= 11 is 1.38. The van der Waals surface area contributed by atoms with Crippen molar-refractivity contribution in [1.29, 1.82) is 0 Å². The summed E-state index contributed by atoms with van der Waals surface area (Å²) < 4.78 is 3.69. The maximum absolute atomic E-state index is 12.5. The van der Waals surface area contributed by atoms with Crippen LogP contribution in [0, 0.1) is 0 Å². The summed E-state index contributed by atoms with van der Waals surface area (Å²) in [5, 5.41) is 16.0. The summed E-state index contributed by atoms with van der Waals surface area (Å²) in [5.41, 5.74) is 0.993. The lowest BCUT2D eigenvalue weighted by atomic mass is 10.2. The molecule has 0 saturated heterocycles. The second-order valence-electron chi connectivity index (χ2n) is 6.24. The maximum atomic E-state index is 12.5. The van der Waals surface area contributed by atoms with Gasteiger partial charge in [0, 0.05) is 24.7 Å². The van der Waals surface area contributed by atoms with Crippen LogP contribution in [-0.2, 0) is 11.8 Å². The van der Waals surface area contributed by atoms with Crippen molar-refractivity contribution in [3.05, 3.63) is 42.6 Å². The first-order valence-corrected chi connectivity index (χ1v) is 9.31. The lowest BCUT2D eigenvalue weighted by molar-refractivity contribution is -0.115. The molecule has 7 nitrogen and oxygen atoms in total. The molecule has 3 rings (SSSR count). The fourth-order valence-corrected chi connectivity index (χ4v) is 3.34. The van der Waals surface area contributed by atoms with Gasteiger partial charge in [-0.15, -0.1) is 10.2 Å². The van der Waals surface area contributed by atoms with Gasteiger partial charge in [0.1, 0.15) is 5.82 Å². The Morgan fingerprint density at radius 2 is 1.85 bits per heavy atom. The van der Waals surface area contributed by atoms with Crippen LogP contribution in [0.3, 0.4) is 0 Å². The smallest absolute Gasteiger partial charge is 0.238 e. The van der Waals surface area contributed by atoms with Crippen molar-refractivity contribution in [3.8, 4) is 11.4 Å². The quantitative estimate of drug-likeness (QED) is 0.673. The molecule has 0 radical (unpaired) electrons. The standard InChI is InChI=1S/C18H22N6OS/c1-12(2)24-15(10-11-19-24)20-17(25)13(3)26-18-22-21-16(23(18)4)14-8-6-5-7-9-14/h5-13H,1-4H3,(H,20,25)/t13-/m0/s1. The van der Waals surface area contributed by atoms with Gasteiger partial charge in [0.25, 0.3) is 0 Å². The molecule has 0 fully saturated rings. The highest BCUT2D eigenvalue weighted by Crippen LogP contribution is 2.26. The first kappa shape index (κ1) is 18.2. The summed E-state index contributed by atoms with van der Waals surface area (Å²) in [6, 6.07) is 11.8. The fraction of sp³-hybridized carbons (Fsp3) is 0.333. The second kappa shape index (κ2) is 7.74. The number of anilines is 1. The average Bonchev–Trinajstić information content (AvgIpc) is 3.23. The minimum absolute atomic E-state index is 0.0957. The molecule has 1 atom stereocenters. The van der Waals surface area contributed by atoms with E-state index < -0.39 is 0 Å². The van der Waals surface area contributed by atoms with Crippen LogP contribution in [0.25, 0.3) is 11.4 Å². The van der Waals surface area contributed by atoms with Crippen molar-refractivity contribution in [2.24, 2.45) is 7.05 Å². The van der Waals surface area contributed by atoms with Crippen molar-refractivity contribution in [1.82, 2.24) is 24.5 Å². The van der Waals surface area contributed by atoms with Gasteiger partial charge in [0.2, 0.25) is 5.91 Å². The number of benzene rings is 1. The number of carbonyl (C=O) groups is 1. The Labute approximate surface area is 156 Å². The van der Waals surface area contributed by atoms with E-state index in [2.05, 4.69) is 20.6 Å². The molecule has 0 aliphatic rings. The Morgan fingerprint density at radius 1 is 1.12 bits per heavy atom. The lowest BCUT2D eigenvalue weighted by Crippen LogP contribution is -2.25. The Kier molecular flexibility index (Phi) is 5.41. The van der Waals surface area contributed by atoms with E-state index in [-0.39, 0.29) is 17.2 Å². The molecule has 2 heterocycles. The molecule has 0 unspecified atom stereocenters. The van der Waals surface area contributed by atoms with Crippen LogP contribution in [-0.4, -0.2) is 35.7 Å². The minimum atomic E-state index is -0.322. The zero-order valence-corrected chi connectivity index (χ0v) is 16.1. The van der Waals surface area contributed by atoms with Crippen molar-refractivity contribution < 1.29 is 4.79 Å². The summed E-state index contributed by atoms with van der Waals surface area (Å²) in [5.74, 6) is 1.38. The predicted molar refractivity (Wildman–Crippen MR) is 103 cm³/mol. The van der Waals surface area contributed by atoms with Gasteiger partial charge in [-0.2, -0.15) is 5.10 Å². The van der Waals surface area contributed by atoms with Crippen LogP contribution < -0.4 is 5.32 Å². The highest BCUT2D eigenvalue weighted by molar-refractivity contribution is 8.00. The SMILES string of the molecule is CC(C)n1nccc1NC(=O)[C@H](C)Sc1nnc(-c2ccccc2)n1C. The Morgan fingerprint density at radius 3 is 2.54 bits per heavy atom. The van der Waals surface area contributed by atoms with Crippen molar-refractivity contribution in [2.75, 3.05) is 5.32 Å². The Bertz CT molecular complexity index is 886. The van der Waals surface area contributed by atoms with Crippen LogP contribution in [0.2, 0.25) is 0 Å². The summed E-state index contributed by atoms with van der Waals surface area (Å²) in [6.07, 6.45) is 1.68. The fourth-order valence-electron chi connectivity index (χ4n) is 2.52. The molecule has 0 aliphatic carbocycles. The highest BCUT2D eigenvalue weighted by Gasteiger charge is 2.20. The van der Waals surface area contributed by atoms with Gasteiger partial charge < -0.3 is 9.88 Å². The van der Waals surface area contributed by atoms with Crippen LogP contribution >= 0.6 is 11.8 Å². The zero-order chi connectivity index (χ0) is 18.7. The molecule has 2 aromatic heterocycles. The third kappa shape index (κ3) is 3.80. The van der Waals surface area contributed by atoms with Crippen molar-refractivity contribution >= 4 is 23.5 Å². The molecule has 1 amide bonds. The minimum Gasteiger partial charge on any atom is -0.310 e. The van der Waals surface area contributed by atoms with Crippen LogP contribution in [0.5, 0.6) is 0 Å². The number of hydrogen-bond donors (Lipinski definition) is 1. The predicted octanol–water partition coefficient (Wildman–Crippen LogP) is 3.38. The van der Waals surface area contributed by atoms with E-state index in [0.717, 1.165) is 11.4 Å². The van der Waals surface area contributed by atoms with E-state index in [1.54, 1.807) is 16.9 Å². The first-order valence-electron chi connectivity index (χ1n) is 8.43. The molecule has 8 heteroatoms. The van der Waals surface area contributed by atoms with Crippen molar-refractivity contribution in [3.63, 3.8) is 0 Å². The topological polar surface area (TPSA) is 77.6 Å². The summed E-state index contributed by atoms with van der Waals surface area (Å²) in [6.45, 7) is 5.89. The second-order valence-corrected chi connectivity index (χ2v) is 7.54. The largest absolute Gasteiger partial charge is 0.310 e. The van der Waals surface area contributed by atoms with E-state index in [1.165, 1.54) is 11.8 Å². The number of rotatable bonds is 6. The van der Waals surface area contributed by atoms with Gasteiger partial charge >= 0.3 is 0 Å². The van der Waals surface area contributed by atoms with Crippen molar-refractivity contribution in [2.45, 2.75) is 37.2 Å². The molecule has 1 N–H and O–H groups in total. The number of carbonyl (C=O) groups excluding carboxylic acids is 1. The monoisotopic (exact) mass is 370 g/mol. The molecule has 0 saturated carbocycles. The molecule has 0 spiro atoms. The lowest BCUT2D eigenvalue weighted by Gasteiger charge is -2.14. The number of amides is 1. The van der Waals surface area contributed by atoms with Crippen LogP contribution in [0.4, 0.5) is 5.82 Å². The third-order valence-corrected chi connectivity index (χ3v) is 5.06. The van der Waals surface area contributed by atoms with Gasteiger partial charge in [-0.1, -0.05) is 42.1 Å². The van der Waals surface area contributed by atoms with E-state index in [4.69, 9.17) is 0 Å². The molecule has 1 aromatic carbocycles. The number of aromatic nitrogens is 5. The Balaban J connectivity index is 1.70. The van der Waals surface area contributed by atoms with Gasteiger partial charge in [-0.3, -0.25) is 4.79 Å². The van der Waals surface area contributed by atoms with Gasteiger partial charge in [-0.25, -0.2) is 4.68 Å². The highest BCUT2D eigenvalue weighted by atomic mass is 32.2. The van der Waals surface area contributed by atoms with Crippen LogP contribution in [0.15, 0.2) is 47.8 Å². The molecule has 136 valence electrons. The third-order valence-electron chi connectivity index (χ3n) is 3.93. The van der Waals surface area contributed by atoms with E-state index in [1.807, 2.05) is 62.7 Å². The number of hydrogen-bond acceptors (Lipinski definition) is 5. The summed E-state index contributed by atoms with van der Waals surface area (Å²) in [7, 11) is 1.91. The van der Waals surface area contributed by atoms with E-state index in [0.29, 0.717) is 11.0 Å². The van der Waals surface area contributed by atoms with Gasteiger partial charge in [0.15, 0.2) is 11.0 Å². The number of nitrogens with one attached hydrogen (secondary N) is 1. The Hall–Kier alpha value is -2.61. The first-order chi connectivity index (χ1) is 12.5.